The van der Waals surface area contributed by atoms with Gasteiger partial charge in [0, 0.05) is 33.4 Å². The van der Waals surface area contributed by atoms with Crippen LogP contribution in [0.3, 0.4) is 0 Å². The van der Waals surface area contributed by atoms with E-state index in [2.05, 4.69) is 44.9 Å². The summed E-state index contributed by atoms with van der Waals surface area (Å²) in [5.74, 6) is 0.616. The lowest BCUT2D eigenvalue weighted by Gasteiger charge is -2.29. The van der Waals surface area contributed by atoms with Gasteiger partial charge in [0.25, 0.3) is 0 Å². The molecular formula is C18H29BrN2O2S. The predicted molar refractivity (Wildman–Crippen MR) is 104 cm³/mol. The third-order valence-electron chi connectivity index (χ3n) is 4.31. The van der Waals surface area contributed by atoms with Crippen molar-refractivity contribution in [3.8, 4) is 0 Å². The Morgan fingerprint density at radius 3 is 2.62 bits per heavy atom. The number of ether oxygens (including phenoxy) is 1. The highest BCUT2D eigenvalue weighted by Crippen LogP contribution is 2.30. The summed E-state index contributed by atoms with van der Waals surface area (Å²) in [6.07, 6.45) is 4.70. The number of rotatable bonds is 6. The van der Waals surface area contributed by atoms with Crippen molar-refractivity contribution in [2.24, 2.45) is 5.92 Å². The van der Waals surface area contributed by atoms with E-state index in [0.717, 1.165) is 4.47 Å². The summed E-state index contributed by atoms with van der Waals surface area (Å²) >= 11 is 5.27. The lowest BCUT2D eigenvalue weighted by Crippen LogP contribution is -2.46. The van der Waals surface area contributed by atoms with Crippen LogP contribution < -0.4 is 10.6 Å². The van der Waals surface area contributed by atoms with E-state index >= 15 is 0 Å². The van der Waals surface area contributed by atoms with Crippen molar-refractivity contribution in [2.45, 2.75) is 71.1 Å². The fourth-order valence-corrected chi connectivity index (χ4v) is 4.65. The largest absolute Gasteiger partial charge is 0.444 e. The van der Waals surface area contributed by atoms with Crippen LogP contribution in [-0.2, 0) is 4.74 Å². The van der Waals surface area contributed by atoms with Gasteiger partial charge in [-0.25, -0.2) is 4.79 Å². The Morgan fingerprint density at radius 2 is 2.08 bits per heavy atom. The fourth-order valence-electron chi connectivity index (χ4n) is 3.19. The van der Waals surface area contributed by atoms with E-state index in [1.54, 1.807) is 11.3 Å². The first-order chi connectivity index (χ1) is 11.2. The van der Waals surface area contributed by atoms with Crippen molar-refractivity contribution in [3.63, 3.8) is 0 Å². The molecule has 0 aromatic carbocycles. The van der Waals surface area contributed by atoms with Gasteiger partial charge in [-0.1, -0.05) is 12.8 Å². The SMILES string of the molecule is CC(NC(CNC(=O)OC(C)(C)C)C1CCCC1)c1cc(Br)cs1. The second-order valence-corrected chi connectivity index (χ2v) is 9.45. The van der Waals surface area contributed by atoms with Crippen LogP contribution in [0, 0.1) is 5.92 Å². The molecule has 2 N–H and O–H groups in total. The van der Waals surface area contributed by atoms with E-state index in [0.29, 0.717) is 12.5 Å². The fraction of sp³-hybridized carbons (Fsp3) is 0.722. The topological polar surface area (TPSA) is 50.4 Å². The zero-order valence-corrected chi connectivity index (χ0v) is 17.4. The van der Waals surface area contributed by atoms with Crippen LogP contribution >= 0.6 is 27.3 Å². The van der Waals surface area contributed by atoms with Crippen molar-refractivity contribution in [2.75, 3.05) is 6.54 Å². The number of amides is 1. The molecule has 0 aliphatic heterocycles. The quantitative estimate of drug-likeness (QED) is 0.665. The third-order valence-corrected chi connectivity index (χ3v) is 6.19. The predicted octanol–water partition coefficient (Wildman–Crippen LogP) is 5.24. The summed E-state index contributed by atoms with van der Waals surface area (Å²) in [5, 5.41) is 8.78. The van der Waals surface area contributed by atoms with Gasteiger partial charge in [-0.3, -0.25) is 0 Å². The van der Waals surface area contributed by atoms with Gasteiger partial charge in [-0.15, -0.1) is 11.3 Å². The van der Waals surface area contributed by atoms with Crippen molar-refractivity contribution in [1.29, 1.82) is 0 Å². The zero-order valence-electron chi connectivity index (χ0n) is 15.0. The molecule has 1 amide bonds. The number of carbonyl (C=O) groups excluding carboxylic acids is 1. The molecule has 4 nitrogen and oxygen atoms in total. The van der Waals surface area contributed by atoms with Gasteiger partial charge in [0.2, 0.25) is 0 Å². The average molecular weight is 417 g/mol. The molecule has 6 heteroatoms. The van der Waals surface area contributed by atoms with E-state index in [4.69, 9.17) is 4.74 Å². The Hall–Kier alpha value is -0.590. The number of carbonyl (C=O) groups is 1. The van der Waals surface area contributed by atoms with E-state index in [1.807, 2.05) is 20.8 Å². The second kappa shape index (κ2) is 8.68. The molecule has 1 aromatic heterocycles. The number of hydrogen-bond donors (Lipinski definition) is 2. The van der Waals surface area contributed by atoms with Crippen molar-refractivity contribution in [3.05, 3.63) is 20.8 Å². The number of nitrogens with one attached hydrogen (secondary N) is 2. The van der Waals surface area contributed by atoms with Crippen LogP contribution in [0.15, 0.2) is 15.9 Å². The highest BCUT2D eigenvalue weighted by Gasteiger charge is 2.27. The maximum atomic E-state index is 12.0. The van der Waals surface area contributed by atoms with E-state index in [1.165, 1.54) is 30.6 Å². The van der Waals surface area contributed by atoms with Gasteiger partial charge in [0.15, 0.2) is 0 Å². The van der Waals surface area contributed by atoms with Crippen molar-refractivity contribution < 1.29 is 9.53 Å². The standard InChI is InChI=1S/C18H29BrN2O2S/c1-12(16-9-14(19)11-24-16)21-15(13-7-5-6-8-13)10-20-17(22)23-18(2,3)4/h9,11-13,15,21H,5-8,10H2,1-4H3,(H,20,22). The van der Waals surface area contributed by atoms with E-state index in [-0.39, 0.29) is 18.2 Å². The Bertz CT molecular complexity index is 535. The number of thiophene rings is 1. The number of alkyl carbamates (subject to hydrolysis) is 1. The lowest BCUT2D eigenvalue weighted by molar-refractivity contribution is 0.0517. The highest BCUT2D eigenvalue weighted by atomic mass is 79.9. The molecule has 24 heavy (non-hydrogen) atoms. The molecule has 1 aromatic rings. The molecule has 1 aliphatic carbocycles. The van der Waals surface area contributed by atoms with E-state index < -0.39 is 5.60 Å². The van der Waals surface area contributed by atoms with Crippen LogP contribution in [0.5, 0.6) is 0 Å². The Morgan fingerprint density at radius 1 is 1.42 bits per heavy atom. The minimum Gasteiger partial charge on any atom is -0.444 e. The van der Waals surface area contributed by atoms with Crippen molar-refractivity contribution >= 4 is 33.4 Å². The monoisotopic (exact) mass is 416 g/mol. The number of hydrogen-bond acceptors (Lipinski definition) is 4. The molecule has 0 saturated heterocycles. The van der Waals surface area contributed by atoms with Crippen molar-refractivity contribution in [1.82, 2.24) is 10.6 Å². The van der Waals surface area contributed by atoms with Gasteiger partial charge >= 0.3 is 6.09 Å². The van der Waals surface area contributed by atoms with Crippen LogP contribution in [-0.4, -0.2) is 24.3 Å². The summed E-state index contributed by atoms with van der Waals surface area (Å²) in [6, 6.07) is 2.71. The maximum absolute atomic E-state index is 12.0. The molecule has 0 spiro atoms. The average Bonchev–Trinajstić information content (AvgIpc) is 3.12. The number of halogens is 1. The minimum atomic E-state index is -0.461. The molecule has 1 saturated carbocycles. The molecule has 0 radical (unpaired) electrons. The summed E-state index contributed by atoms with van der Waals surface area (Å²) in [4.78, 5) is 13.3. The third kappa shape index (κ3) is 6.37. The highest BCUT2D eigenvalue weighted by molar-refractivity contribution is 9.10. The summed E-state index contributed by atoms with van der Waals surface area (Å²) in [7, 11) is 0. The maximum Gasteiger partial charge on any atom is 0.407 e. The van der Waals surface area contributed by atoms with Crippen LogP contribution in [0.1, 0.15) is 64.3 Å². The molecule has 136 valence electrons. The van der Waals surface area contributed by atoms with Crippen LogP contribution in [0.25, 0.3) is 0 Å². The first kappa shape index (κ1) is 19.7. The Kier molecular flexibility index (Phi) is 7.13. The second-order valence-electron chi connectivity index (χ2n) is 7.59. The van der Waals surface area contributed by atoms with Gasteiger partial charge < -0.3 is 15.4 Å². The van der Waals surface area contributed by atoms with Gasteiger partial charge in [-0.05, 0) is 68.5 Å². The smallest absolute Gasteiger partial charge is 0.407 e. The molecule has 1 aliphatic rings. The van der Waals surface area contributed by atoms with Gasteiger partial charge in [-0.2, -0.15) is 0 Å². The van der Waals surface area contributed by atoms with Crippen LogP contribution in [0.4, 0.5) is 4.79 Å². The normalized spacial score (nSPS) is 18.4. The lowest BCUT2D eigenvalue weighted by atomic mass is 9.97. The minimum absolute atomic E-state index is 0.271. The Balaban J connectivity index is 1.93. The molecule has 0 bridgehead atoms. The zero-order chi connectivity index (χ0) is 17.7. The molecule has 2 atom stereocenters. The first-order valence-corrected chi connectivity index (χ1v) is 10.4. The molecule has 1 fully saturated rings. The summed E-state index contributed by atoms with van der Waals surface area (Å²) in [5.41, 5.74) is -0.461. The summed E-state index contributed by atoms with van der Waals surface area (Å²) < 4.78 is 6.49. The molecule has 2 rings (SSSR count). The van der Waals surface area contributed by atoms with Gasteiger partial charge in [0.1, 0.15) is 5.60 Å². The summed E-state index contributed by atoms with van der Waals surface area (Å²) in [6.45, 7) is 8.45. The van der Waals surface area contributed by atoms with E-state index in [9.17, 15) is 4.79 Å². The van der Waals surface area contributed by atoms with Crippen LogP contribution in [0.2, 0.25) is 0 Å². The molecular weight excluding hydrogens is 388 g/mol. The Labute approximate surface area is 157 Å². The first-order valence-electron chi connectivity index (χ1n) is 8.71. The molecule has 1 heterocycles. The van der Waals surface area contributed by atoms with Gasteiger partial charge in [0.05, 0.1) is 0 Å². The molecule has 2 unspecified atom stereocenters.